The van der Waals surface area contributed by atoms with Gasteiger partial charge >= 0.3 is 5.91 Å². The summed E-state index contributed by atoms with van der Waals surface area (Å²) in [6.45, 7) is 1.65. The summed E-state index contributed by atoms with van der Waals surface area (Å²) in [6, 6.07) is 9.64. The van der Waals surface area contributed by atoms with E-state index in [0.717, 1.165) is 4.90 Å². The van der Waals surface area contributed by atoms with Gasteiger partial charge in [0.1, 0.15) is 11.5 Å². The molecule has 3 aromatic rings. The molecule has 32 heavy (non-hydrogen) atoms. The Morgan fingerprint density at radius 2 is 1.91 bits per heavy atom. The maximum Gasteiger partial charge on any atom is 0.301 e. The number of aromatic hydroxyl groups is 1. The number of rotatable bonds is 4. The van der Waals surface area contributed by atoms with Crippen molar-refractivity contribution in [1.29, 1.82) is 0 Å². The molecule has 164 valence electrons. The number of hydrogen-bond acceptors (Lipinski definition) is 7. The molecule has 1 saturated heterocycles. The molecule has 1 aromatic heterocycles. The topological polar surface area (TPSA) is 113 Å². The molecular formula is C22H16BrClN2O6. The molecule has 2 aromatic carbocycles. The lowest BCUT2D eigenvalue weighted by atomic mass is 9.95. The Kier molecular flexibility index (Phi) is 5.70. The summed E-state index contributed by atoms with van der Waals surface area (Å²) in [4.78, 5) is 27.3. The highest BCUT2D eigenvalue weighted by molar-refractivity contribution is 9.10. The van der Waals surface area contributed by atoms with Crippen LogP contribution in [-0.4, -0.2) is 34.2 Å². The molecule has 8 nitrogen and oxygen atoms in total. The second kappa shape index (κ2) is 8.33. The van der Waals surface area contributed by atoms with Gasteiger partial charge in [-0.3, -0.25) is 14.5 Å². The van der Waals surface area contributed by atoms with Crippen molar-refractivity contribution >= 4 is 50.8 Å². The normalized spacial score (nSPS) is 17.8. The number of benzene rings is 2. The molecule has 1 aliphatic heterocycles. The maximum absolute atomic E-state index is 13.1. The van der Waals surface area contributed by atoms with Gasteiger partial charge in [-0.25, -0.2) is 0 Å². The fourth-order valence-corrected chi connectivity index (χ4v) is 4.11. The van der Waals surface area contributed by atoms with Crippen LogP contribution in [0.15, 0.2) is 57.0 Å². The van der Waals surface area contributed by atoms with Crippen molar-refractivity contribution in [3.63, 3.8) is 0 Å². The first kappa shape index (κ1) is 21.9. The van der Waals surface area contributed by atoms with Crippen LogP contribution in [0.25, 0.3) is 5.76 Å². The summed E-state index contributed by atoms with van der Waals surface area (Å²) in [5.41, 5.74) is 0.540. The van der Waals surface area contributed by atoms with Gasteiger partial charge in [-0.15, -0.1) is 0 Å². The van der Waals surface area contributed by atoms with E-state index in [9.17, 15) is 19.8 Å². The number of carbonyl (C=O) groups is 2. The summed E-state index contributed by atoms with van der Waals surface area (Å²) in [6.07, 6.45) is 0. The van der Waals surface area contributed by atoms with Crippen molar-refractivity contribution in [1.82, 2.24) is 5.16 Å². The standard InChI is InChI=1S/C22H16BrClN2O6/c1-10-7-16(25-32-10)26-18(12-8-14(23)20(28)15(9-12)31-2)17(21(29)22(26)30)19(27)11-3-5-13(24)6-4-11/h3-9,18,27-28H,1-2H3/b19-17+/t18-/m0/s1. The van der Waals surface area contributed by atoms with Crippen LogP contribution in [0, 0.1) is 6.92 Å². The molecule has 0 spiro atoms. The van der Waals surface area contributed by atoms with Crippen LogP contribution in [0.2, 0.25) is 5.02 Å². The number of phenols is 1. The van der Waals surface area contributed by atoms with Crippen LogP contribution in [0.3, 0.4) is 0 Å². The molecule has 0 radical (unpaired) electrons. The molecule has 1 aliphatic rings. The van der Waals surface area contributed by atoms with Crippen LogP contribution in [-0.2, 0) is 9.59 Å². The predicted molar refractivity (Wildman–Crippen MR) is 120 cm³/mol. The quantitative estimate of drug-likeness (QED) is 0.291. The van der Waals surface area contributed by atoms with Crippen molar-refractivity contribution in [2.24, 2.45) is 0 Å². The minimum atomic E-state index is -1.07. The monoisotopic (exact) mass is 518 g/mol. The van der Waals surface area contributed by atoms with Crippen molar-refractivity contribution in [3.8, 4) is 11.5 Å². The molecule has 0 bridgehead atoms. The Balaban J connectivity index is 1.99. The third kappa shape index (κ3) is 3.63. The minimum Gasteiger partial charge on any atom is -0.507 e. The first-order valence-electron chi connectivity index (χ1n) is 9.29. The number of ether oxygens (including phenoxy) is 1. The third-order valence-corrected chi connectivity index (χ3v) is 5.87. The van der Waals surface area contributed by atoms with E-state index in [-0.39, 0.29) is 33.1 Å². The molecule has 0 aliphatic carbocycles. The second-order valence-corrected chi connectivity index (χ2v) is 8.32. The Bertz CT molecular complexity index is 1270. The number of Topliss-reactive ketones (excluding diaryl/α,β-unsaturated/α-hetero) is 1. The third-order valence-electron chi connectivity index (χ3n) is 5.01. The van der Waals surface area contributed by atoms with Crippen molar-refractivity contribution in [2.75, 3.05) is 12.0 Å². The van der Waals surface area contributed by atoms with E-state index in [1.807, 2.05) is 0 Å². The molecule has 0 unspecified atom stereocenters. The number of aliphatic hydroxyl groups excluding tert-OH is 1. The number of hydrogen-bond donors (Lipinski definition) is 2. The van der Waals surface area contributed by atoms with Crippen LogP contribution < -0.4 is 9.64 Å². The van der Waals surface area contributed by atoms with Crippen molar-refractivity contribution < 1.29 is 29.1 Å². The smallest absolute Gasteiger partial charge is 0.301 e. The van der Waals surface area contributed by atoms with E-state index in [1.54, 1.807) is 19.1 Å². The number of ketones is 1. The van der Waals surface area contributed by atoms with E-state index in [2.05, 4.69) is 21.1 Å². The lowest BCUT2D eigenvalue weighted by Crippen LogP contribution is -2.29. The minimum absolute atomic E-state index is 0.105. The molecule has 10 heteroatoms. The van der Waals surface area contributed by atoms with E-state index >= 15 is 0 Å². The molecule has 1 atom stereocenters. The fraction of sp³-hybridized carbons (Fsp3) is 0.136. The zero-order valence-electron chi connectivity index (χ0n) is 16.8. The molecule has 2 N–H and O–H groups in total. The Hall–Kier alpha value is -3.30. The second-order valence-electron chi connectivity index (χ2n) is 7.03. The molecular weight excluding hydrogens is 504 g/mol. The SMILES string of the molecule is COc1cc([C@H]2/C(=C(\O)c3ccc(Cl)cc3)C(=O)C(=O)N2c2cc(C)on2)cc(Br)c1O. The van der Waals surface area contributed by atoms with E-state index in [4.69, 9.17) is 20.9 Å². The van der Waals surface area contributed by atoms with E-state index in [1.165, 1.54) is 37.4 Å². The largest absolute Gasteiger partial charge is 0.507 e. The molecule has 1 fully saturated rings. The predicted octanol–water partition coefficient (Wildman–Crippen LogP) is 4.74. The molecule has 0 saturated carbocycles. The summed E-state index contributed by atoms with van der Waals surface area (Å²) < 4.78 is 10.6. The van der Waals surface area contributed by atoms with Gasteiger partial charge in [-0.2, -0.15) is 0 Å². The number of carbonyl (C=O) groups excluding carboxylic acids is 2. The number of phenolic OH excluding ortho intramolecular Hbond substituents is 1. The Morgan fingerprint density at radius 1 is 1.22 bits per heavy atom. The van der Waals surface area contributed by atoms with Crippen LogP contribution in [0.4, 0.5) is 5.82 Å². The lowest BCUT2D eigenvalue weighted by Gasteiger charge is -2.23. The number of aromatic nitrogens is 1. The summed E-state index contributed by atoms with van der Waals surface area (Å²) in [5.74, 6) is -1.66. The maximum atomic E-state index is 13.1. The van der Waals surface area contributed by atoms with Gasteiger partial charge in [-0.05, 0) is 64.8 Å². The number of anilines is 1. The number of halogens is 2. The first-order valence-corrected chi connectivity index (χ1v) is 10.5. The summed E-state index contributed by atoms with van der Waals surface area (Å²) in [7, 11) is 1.37. The average molecular weight is 520 g/mol. The van der Waals surface area contributed by atoms with Crippen LogP contribution >= 0.6 is 27.5 Å². The molecule has 4 rings (SSSR count). The van der Waals surface area contributed by atoms with Gasteiger partial charge < -0.3 is 19.5 Å². The highest BCUT2D eigenvalue weighted by atomic mass is 79.9. The number of aliphatic hydroxyl groups is 1. The van der Waals surface area contributed by atoms with Gasteiger partial charge in [-0.1, -0.05) is 16.8 Å². The van der Waals surface area contributed by atoms with Crippen LogP contribution in [0.1, 0.15) is 22.9 Å². The van der Waals surface area contributed by atoms with Crippen molar-refractivity contribution in [2.45, 2.75) is 13.0 Å². The number of aryl methyl sites for hydroxylation is 1. The number of amides is 1. The highest BCUT2D eigenvalue weighted by Gasteiger charge is 2.48. The highest BCUT2D eigenvalue weighted by Crippen LogP contribution is 2.45. The van der Waals surface area contributed by atoms with Gasteiger partial charge in [0.2, 0.25) is 0 Å². The zero-order chi connectivity index (χ0) is 23.2. The average Bonchev–Trinajstić information content (AvgIpc) is 3.31. The van der Waals surface area contributed by atoms with Crippen molar-refractivity contribution in [3.05, 3.63) is 74.4 Å². The molecule has 2 heterocycles. The van der Waals surface area contributed by atoms with E-state index < -0.39 is 17.7 Å². The summed E-state index contributed by atoms with van der Waals surface area (Å²) >= 11 is 9.19. The number of methoxy groups -OCH3 is 1. The first-order chi connectivity index (χ1) is 15.2. The van der Waals surface area contributed by atoms with Gasteiger partial charge in [0.05, 0.1) is 23.2 Å². The van der Waals surface area contributed by atoms with Gasteiger partial charge in [0, 0.05) is 16.7 Å². The summed E-state index contributed by atoms with van der Waals surface area (Å²) in [5, 5.41) is 25.6. The number of nitrogens with zero attached hydrogens (tertiary/aromatic N) is 2. The molecule has 1 amide bonds. The fourth-order valence-electron chi connectivity index (χ4n) is 3.52. The Labute approximate surface area is 195 Å². The van der Waals surface area contributed by atoms with Gasteiger partial charge in [0.25, 0.3) is 5.78 Å². The lowest BCUT2D eigenvalue weighted by molar-refractivity contribution is -0.132. The van der Waals surface area contributed by atoms with Crippen LogP contribution in [0.5, 0.6) is 11.5 Å². The Morgan fingerprint density at radius 3 is 2.50 bits per heavy atom. The van der Waals surface area contributed by atoms with E-state index in [0.29, 0.717) is 21.9 Å². The zero-order valence-corrected chi connectivity index (χ0v) is 19.1. The van der Waals surface area contributed by atoms with Gasteiger partial charge in [0.15, 0.2) is 17.3 Å².